The number of alkyl halides is 2. The molecule has 1 N–H and O–H groups in total. The van der Waals surface area contributed by atoms with Crippen LogP contribution in [0.25, 0.3) is 0 Å². The first-order chi connectivity index (χ1) is 11.9. The molecule has 0 atom stereocenters. The monoisotopic (exact) mass is 357 g/mol. The number of rotatable bonds is 6. The number of ether oxygens (including phenoxy) is 2. The van der Waals surface area contributed by atoms with Gasteiger partial charge in [0.25, 0.3) is 5.91 Å². The quantitative estimate of drug-likeness (QED) is 0.636. The van der Waals surface area contributed by atoms with Crippen LogP contribution in [0.15, 0.2) is 42.5 Å². The first kappa shape index (κ1) is 18.2. The zero-order valence-electron chi connectivity index (χ0n) is 12.5. The van der Waals surface area contributed by atoms with Crippen LogP contribution in [-0.4, -0.2) is 25.1 Å². The van der Waals surface area contributed by atoms with E-state index >= 15 is 0 Å². The lowest BCUT2D eigenvalue weighted by atomic mass is 10.2. The predicted molar refractivity (Wildman–Crippen MR) is 78.3 cm³/mol. The zero-order chi connectivity index (χ0) is 18.4. The van der Waals surface area contributed by atoms with Crippen LogP contribution in [0.3, 0.4) is 0 Å². The van der Waals surface area contributed by atoms with Crippen molar-refractivity contribution in [2.75, 3.05) is 11.9 Å². The first-order valence-corrected chi connectivity index (χ1v) is 6.82. The van der Waals surface area contributed by atoms with Crippen LogP contribution in [0.4, 0.5) is 23.2 Å². The van der Waals surface area contributed by atoms with Crippen LogP contribution in [0.5, 0.6) is 5.75 Å². The molecule has 0 aliphatic carbocycles. The number of halogens is 4. The molecule has 132 valence electrons. The van der Waals surface area contributed by atoms with Gasteiger partial charge in [-0.2, -0.15) is 8.78 Å². The van der Waals surface area contributed by atoms with Crippen molar-refractivity contribution >= 4 is 17.6 Å². The van der Waals surface area contributed by atoms with Crippen molar-refractivity contribution in [1.82, 2.24) is 0 Å². The van der Waals surface area contributed by atoms with Gasteiger partial charge >= 0.3 is 12.6 Å². The fourth-order valence-electron chi connectivity index (χ4n) is 1.78. The third kappa shape index (κ3) is 5.20. The molecule has 2 aromatic rings. The van der Waals surface area contributed by atoms with Gasteiger partial charge in [-0.1, -0.05) is 6.07 Å². The Kier molecular flexibility index (Phi) is 5.93. The van der Waals surface area contributed by atoms with Gasteiger partial charge in [-0.05, 0) is 36.4 Å². The maximum atomic E-state index is 13.4. The molecule has 0 saturated heterocycles. The van der Waals surface area contributed by atoms with Crippen molar-refractivity contribution in [1.29, 1.82) is 0 Å². The van der Waals surface area contributed by atoms with Crippen molar-refractivity contribution in [2.45, 2.75) is 6.61 Å². The second kappa shape index (κ2) is 8.13. The highest BCUT2D eigenvalue weighted by atomic mass is 19.3. The molecule has 0 heterocycles. The second-order valence-electron chi connectivity index (χ2n) is 4.62. The highest BCUT2D eigenvalue weighted by Gasteiger charge is 2.15. The fourth-order valence-corrected chi connectivity index (χ4v) is 1.78. The Morgan fingerprint density at radius 1 is 1.00 bits per heavy atom. The van der Waals surface area contributed by atoms with Gasteiger partial charge in [0.05, 0.1) is 5.56 Å². The van der Waals surface area contributed by atoms with Crippen LogP contribution < -0.4 is 10.1 Å². The minimum absolute atomic E-state index is 0.0218. The van der Waals surface area contributed by atoms with E-state index in [1.54, 1.807) is 0 Å². The molecule has 0 aliphatic rings. The van der Waals surface area contributed by atoms with Gasteiger partial charge in [0.2, 0.25) is 0 Å². The fraction of sp³-hybridized carbons (Fsp3) is 0.125. The normalized spacial score (nSPS) is 10.4. The molecule has 0 radical (unpaired) electrons. The van der Waals surface area contributed by atoms with E-state index in [-0.39, 0.29) is 11.3 Å². The summed E-state index contributed by atoms with van der Waals surface area (Å²) in [6.45, 7) is -3.79. The summed E-state index contributed by atoms with van der Waals surface area (Å²) in [6, 6.07) is 7.60. The number of amides is 1. The molecular formula is C16H11F4NO4. The van der Waals surface area contributed by atoms with Crippen LogP contribution in [-0.2, 0) is 9.53 Å². The van der Waals surface area contributed by atoms with E-state index in [2.05, 4.69) is 9.47 Å². The van der Waals surface area contributed by atoms with Crippen molar-refractivity contribution < 1.29 is 36.6 Å². The SMILES string of the molecule is O=C(COC(=O)c1ccc(OC(F)F)cc1)Nc1c(F)cccc1F. The summed E-state index contributed by atoms with van der Waals surface area (Å²) in [7, 11) is 0. The number of para-hydroxylation sites is 1. The average molecular weight is 357 g/mol. The van der Waals surface area contributed by atoms with E-state index in [0.29, 0.717) is 0 Å². The van der Waals surface area contributed by atoms with E-state index in [4.69, 9.17) is 0 Å². The van der Waals surface area contributed by atoms with E-state index in [9.17, 15) is 27.2 Å². The van der Waals surface area contributed by atoms with Crippen molar-refractivity contribution in [3.05, 3.63) is 59.7 Å². The van der Waals surface area contributed by atoms with E-state index in [1.807, 2.05) is 5.32 Å². The number of nitrogens with one attached hydrogen (secondary N) is 1. The molecule has 2 aromatic carbocycles. The Bertz CT molecular complexity index is 745. The van der Waals surface area contributed by atoms with E-state index in [0.717, 1.165) is 42.5 Å². The summed E-state index contributed by atoms with van der Waals surface area (Å²) < 4.78 is 59.6. The van der Waals surface area contributed by atoms with Gasteiger partial charge in [-0.25, -0.2) is 13.6 Å². The first-order valence-electron chi connectivity index (χ1n) is 6.82. The van der Waals surface area contributed by atoms with Gasteiger partial charge in [-0.15, -0.1) is 0 Å². The Morgan fingerprint density at radius 3 is 2.16 bits per heavy atom. The maximum absolute atomic E-state index is 13.4. The zero-order valence-corrected chi connectivity index (χ0v) is 12.5. The molecular weight excluding hydrogens is 346 g/mol. The van der Waals surface area contributed by atoms with Gasteiger partial charge in [0.1, 0.15) is 23.1 Å². The lowest BCUT2D eigenvalue weighted by Crippen LogP contribution is -2.22. The third-order valence-electron chi connectivity index (χ3n) is 2.88. The largest absolute Gasteiger partial charge is 0.452 e. The Morgan fingerprint density at radius 2 is 1.60 bits per heavy atom. The number of hydrogen-bond donors (Lipinski definition) is 1. The summed E-state index contributed by atoms with van der Waals surface area (Å²) in [5.74, 6) is -3.98. The molecule has 0 aromatic heterocycles. The topological polar surface area (TPSA) is 64.6 Å². The molecule has 0 aliphatic heterocycles. The molecule has 2 rings (SSSR count). The molecule has 0 unspecified atom stereocenters. The summed E-state index contributed by atoms with van der Waals surface area (Å²) in [5.41, 5.74) is -0.677. The third-order valence-corrected chi connectivity index (χ3v) is 2.88. The maximum Gasteiger partial charge on any atom is 0.387 e. The van der Waals surface area contributed by atoms with Crippen molar-refractivity contribution in [3.63, 3.8) is 0 Å². The van der Waals surface area contributed by atoms with Crippen LogP contribution in [0.1, 0.15) is 10.4 Å². The number of carbonyl (C=O) groups excluding carboxylic acids is 2. The van der Waals surface area contributed by atoms with Crippen LogP contribution in [0.2, 0.25) is 0 Å². The minimum atomic E-state index is -3.00. The van der Waals surface area contributed by atoms with Gasteiger partial charge in [0, 0.05) is 0 Å². The molecule has 0 spiro atoms. The second-order valence-corrected chi connectivity index (χ2v) is 4.62. The van der Waals surface area contributed by atoms with Crippen molar-refractivity contribution in [2.24, 2.45) is 0 Å². The standard InChI is InChI=1S/C16H11F4NO4/c17-11-2-1-3-12(18)14(11)21-13(22)8-24-15(23)9-4-6-10(7-5-9)25-16(19)20/h1-7,16H,8H2,(H,21,22). The summed E-state index contributed by atoms with van der Waals surface area (Å²) in [5, 5.41) is 1.95. The number of benzene rings is 2. The summed E-state index contributed by atoms with van der Waals surface area (Å²) in [6.07, 6.45) is 0. The number of carbonyl (C=O) groups is 2. The van der Waals surface area contributed by atoms with Crippen LogP contribution >= 0.6 is 0 Å². The molecule has 0 bridgehead atoms. The smallest absolute Gasteiger partial charge is 0.387 e. The summed E-state index contributed by atoms with van der Waals surface area (Å²) >= 11 is 0. The van der Waals surface area contributed by atoms with Crippen molar-refractivity contribution in [3.8, 4) is 5.75 Å². The molecule has 0 saturated carbocycles. The van der Waals surface area contributed by atoms with Gasteiger partial charge in [-0.3, -0.25) is 4.79 Å². The highest BCUT2D eigenvalue weighted by molar-refractivity contribution is 5.95. The average Bonchev–Trinajstić information content (AvgIpc) is 2.56. The van der Waals surface area contributed by atoms with Crippen LogP contribution in [0, 0.1) is 11.6 Å². The van der Waals surface area contributed by atoms with Gasteiger partial charge in [0.15, 0.2) is 6.61 Å². The Balaban J connectivity index is 1.90. The molecule has 25 heavy (non-hydrogen) atoms. The number of anilines is 1. The van der Waals surface area contributed by atoms with E-state index < -0.39 is 42.4 Å². The predicted octanol–water partition coefficient (Wildman–Crippen LogP) is 3.36. The molecule has 1 amide bonds. The summed E-state index contributed by atoms with van der Waals surface area (Å²) in [4.78, 5) is 23.3. The number of esters is 1. The lowest BCUT2D eigenvalue weighted by molar-refractivity contribution is -0.119. The van der Waals surface area contributed by atoms with E-state index in [1.165, 1.54) is 0 Å². The lowest BCUT2D eigenvalue weighted by Gasteiger charge is -2.09. The minimum Gasteiger partial charge on any atom is -0.452 e. The molecule has 9 heteroatoms. The Labute approximate surface area is 139 Å². The Hall–Kier alpha value is -3.10. The van der Waals surface area contributed by atoms with Gasteiger partial charge < -0.3 is 14.8 Å². The number of hydrogen-bond acceptors (Lipinski definition) is 4. The molecule has 5 nitrogen and oxygen atoms in total. The molecule has 0 fully saturated rings. The highest BCUT2D eigenvalue weighted by Crippen LogP contribution is 2.18.